The summed E-state index contributed by atoms with van der Waals surface area (Å²) < 4.78 is 9.66. The van der Waals surface area contributed by atoms with Gasteiger partial charge < -0.3 is 9.47 Å². The van der Waals surface area contributed by atoms with Crippen molar-refractivity contribution in [3.05, 3.63) is 71.2 Å². The summed E-state index contributed by atoms with van der Waals surface area (Å²) in [6.45, 7) is 2.89. The summed E-state index contributed by atoms with van der Waals surface area (Å²) in [5.74, 6) is -7.31. The zero-order valence-electron chi connectivity index (χ0n) is 17.2. The summed E-state index contributed by atoms with van der Waals surface area (Å²) in [4.78, 5) is 72.1. The number of esters is 2. The average Bonchev–Trinajstić information content (AvgIpc) is 2.69. The van der Waals surface area contributed by atoms with Gasteiger partial charge in [0.15, 0.2) is 35.0 Å². The van der Waals surface area contributed by atoms with Gasteiger partial charge in [-0.15, -0.1) is 0 Å². The third-order valence-electron chi connectivity index (χ3n) is 4.61. The standard InChI is InChI=1S/C24H18O8/c1-13-10-19(27)21(23(29)31-13)17(25)8-6-15-4-3-5-16(12-15)7-9-18(26)22-20(28)11-14(2)32-24(22)30/h3-12,21-22H,1-2H3. The zero-order chi connectivity index (χ0) is 23.4. The van der Waals surface area contributed by atoms with Crippen molar-refractivity contribution in [2.24, 2.45) is 11.8 Å². The highest BCUT2D eigenvalue weighted by Gasteiger charge is 2.37. The van der Waals surface area contributed by atoms with Crippen LogP contribution in [-0.2, 0) is 38.2 Å². The van der Waals surface area contributed by atoms with E-state index in [0.29, 0.717) is 11.1 Å². The maximum atomic E-state index is 12.3. The molecule has 0 bridgehead atoms. The van der Waals surface area contributed by atoms with Crippen molar-refractivity contribution >= 4 is 47.2 Å². The lowest BCUT2D eigenvalue weighted by Crippen LogP contribution is -2.34. The molecular formula is C24H18O8. The van der Waals surface area contributed by atoms with E-state index in [4.69, 9.17) is 9.47 Å². The molecular weight excluding hydrogens is 416 g/mol. The quantitative estimate of drug-likeness (QED) is 0.379. The predicted octanol–water partition coefficient (Wildman–Crippen LogP) is 2.14. The van der Waals surface area contributed by atoms with Crippen LogP contribution in [0, 0.1) is 11.8 Å². The normalized spacial score (nSPS) is 21.3. The maximum Gasteiger partial charge on any atom is 0.329 e. The Hall–Kier alpha value is -4.20. The van der Waals surface area contributed by atoms with Crippen LogP contribution >= 0.6 is 0 Å². The minimum atomic E-state index is -1.53. The van der Waals surface area contributed by atoms with E-state index in [1.54, 1.807) is 24.3 Å². The Labute approximate surface area is 182 Å². The second kappa shape index (κ2) is 9.30. The predicted molar refractivity (Wildman–Crippen MR) is 111 cm³/mol. The number of carbonyl (C=O) groups excluding carboxylic acids is 6. The number of allylic oxidation sites excluding steroid dienone is 6. The number of rotatable bonds is 6. The van der Waals surface area contributed by atoms with Crippen LogP contribution < -0.4 is 0 Å². The molecule has 2 aliphatic heterocycles. The first-order chi connectivity index (χ1) is 15.2. The highest BCUT2D eigenvalue weighted by atomic mass is 16.5. The van der Waals surface area contributed by atoms with Crippen molar-refractivity contribution < 1.29 is 38.2 Å². The first kappa shape index (κ1) is 22.5. The molecule has 0 saturated carbocycles. The number of ether oxygens (including phenoxy) is 2. The number of carbonyl (C=O) groups is 6. The monoisotopic (exact) mass is 434 g/mol. The topological polar surface area (TPSA) is 121 Å². The van der Waals surface area contributed by atoms with Gasteiger partial charge in [0.2, 0.25) is 0 Å². The van der Waals surface area contributed by atoms with E-state index >= 15 is 0 Å². The Bertz CT molecular complexity index is 1070. The maximum absolute atomic E-state index is 12.3. The molecule has 2 heterocycles. The van der Waals surface area contributed by atoms with Crippen molar-refractivity contribution in [2.75, 3.05) is 0 Å². The fraction of sp³-hybridized carbons (Fsp3) is 0.167. The third-order valence-corrected chi connectivity index (χ3v) is 4.61. The molecule has 1 aromatic carbocycles. The van der Waals surface area contributed by atoms with E-state index in [1.165, 1.54) is 26.0 Å². The lowest BCUT2D eigenvalue weighted by Gasteiger charge is -2.15. The van der Waals surface area contributed by atoms with Gasteiger partial charge in [0.25, 0.3) is 0 Å². The van der Waals surface area contributed by atoms with E-state index in [1.807, 2.05) is 0 Å². The van der Waals surface area contributed by atoms with E-state index < -0.39 is 46.9 Å². The van der Waals surface area contributed by atoms with Crippen molar-refractivity contribution in [1.29, 1.82) is 0 Å². The van der Waals surface area contributed by atoms with Gasteiger partial charge in [-0.2, -0.15) is 0 Å². The van der Waals surface area contributed by atoms with Crippen molar-refractivity contribution in [3.8, 4) is 0 Å². The summed E-state index contributed by atoms with van der Waals surface area (Å²) in [7, 11) is 0. The van der Waals surface area contributed by atoms with E-state index in [0.717, 1.165) is 24.3 Å². The van der Waals surface area contributed by atoms with Gasteiger partial charge in [0.05, 0.1) is 0 Å². The molecule has 0 radical (unpaired) electrons. The molecule has 2 atom stereocenters. The minimum absolute atomic E-state index is 0.136. The molecule has 0 amide bonds. The van der Waals surface area contributed by atoms with Crippen LogP contribution in [0.2, 0.25) is 0 Å². The van der Waals surface area contributed by atoms with Crippen molar-refractivity contribution in [2.45, 2.75) is 13.8 Å². The molecule has 162 valence electrons. The SMILES string of the molecule is CC1=CC(=O)C(C(=O)C=Cc2cccc(C=CC(=O)C3C(=O)C=C(C)OC3=O)c2)C(=O)O1. The molecule has 0 fully saturated rings. The first-order valence-corrected chi connectivity index (χ1v) is 9.57. The van der Waals surface area contributed by atoms with Gasteiger partial charge in [-0.05, 0) is 43.2 Å². The summed E-state index contributed by atoms with van der Waals surface area (Å²) in [6.07, 6.45) is 7.26. The number of benzene rings is 1. The van der Waals surface area contributed by atoms with Gasteiger partial charge in [0.1, 0.15) is 11.5 Å². The molecule has 0 N–H and O–H groups in total. The third kappa shape index (κ3) is 5.10. The Kier molecular flexibility index (Phi) is 6.53. The van der Waals surface area contributed by atoms with Crippen molar-refractivity contribution in [1.82, 2.24) is 0 Å². The Morgan fingerprint density at radius 1 is 0.750 bits per heavy atom. The molecule has 3 rings (SSSR count). The molecule has 32 heavy (non-hydrogen) atoms. The molecule has 0 saturated heterocycles. The van der Waals surface area contributed by atoms with Crippen LogP contribution in [-0.4, -0.2) is 35.1 Å². The zero-order valence-corrected chi connectivity index (χ0v) is 17.2. The lowest BCUT2D eigenvalue weighted by molar-refractivity contribution is -0.154. The smallest absolute Gasteiger partial charge is 0.329 e. The van der Waals surface area contributed by atoms with Gasteiger partial charge >= 0.3 is 11.9 Å². The molecule has 2 aliphatic rings. The Morgan fingerprint density at radius 3 is 1.53 bits per heavy atom. The van der Waals surface area contributed by atoms with Crippen LogP contribution in [0.1, 0.15) is 25.0 Å². The fourth-order valence-electron chi connectivity index (χ4n) is 3.12. The second-order valence-electron chi connectivity index (χ2n) is 7.16. The Morgan fingerprint density at radius 2 is 1.16 bits per heavy atom. The summed E-state index contributed by atoms with van der Waals surface area (Å²) in [5.41, 5.74) is 1.12. The summed E-state index contributed by atoms with van der Waals surface area (Å²) in [6, 6.07) is 6.63. The van der Waals surface area contributed by atoms with Crippen molar-refractivity contribution in [3.63, 3.8) is 0 Å². The van der Waals surface area contributed by atoms with E-state index in [-0.39, 0.29) is 11.5 Å². The molecule has 0 spiro atoms. The summed E-state index contributed by atoms with van der Waals surface area (Å²) >= 11 is 0. The lowest BCUT2D eigenvalue weighted by atomic mass is 9.95. The summed E-state index contributed by atoms with van der Waals surface area (Å²) in [5, 5.41) is 0. The van der Waals surface area contributed by atoms with Gasteiger partial charge in [-0.25, -0.2) is 0 Å². The van der Waals surface area contributed by atoms with Gasteiger partial charge in [-0.3, -0.25) is 28.8 Å². The van der Waals surface area contributed by atoms with Crippen LogP contribution in [0.4, 0.5) is 0 Å². The van der Waals surface area contributed by atoms with Gasteiger partial charge in [-0.1, -0.05) is 30.4 Å². The number of cyclic esters (lactones) is 2. The molecule has 0 aliphatic carbocycles. The highest BCUT2D eigenvalue weighted by molar-refractivity contribution is 6.26. The molecule has 8 nitrogen and oxygen atoms in total. The number of hydrogen-bond donors (Lipinski definition) is 0. The van der Waals surface area contributed by atoms with Crippen LogP contribution in [0.15, 0.2) is 60.1 Å². The molecule has 2 unspecified atom stereocenters. The largest absolute Gasteiger partial charge is 0.430 e. The van der Waals surface area contributed by atoms with Crippen LogP contribution in [0.3, 0.4) is 0 Å². The number of hydrogen-bond acceptors (Lipinski definition) is 8. The Balaban J connectivity index is 1.70. The van der Waals surface area contributed by atoms with Gasteiger partial charge in [0, 0.05) is 12.2 Å². The fourth-order valence-corrected chi connectivity index (χ4v) is 3.12. The molecule has 0 aromatic heterocycles. The van der Waals surface area contributed by atoms with E-state index in [9.17, 15) is 28.8 Å². The molecule has 8 heteroatoms. The second-order valence-corrected chi connectivity index (χ2v) is 7.16. The van der Waals surface area contributed by atoms with E-state index in [2.05, 4.69) is 0 Å². The first-order valence-electron chi connectivity index (χ1n) is 9.57. The minimum Gasteiger partial charge on any atom is -0.430 e. The van der Waals surface area contributed by atoms with Crippen LogP contribution in [0.5, 0.6) is 0 Å². The van der Waals surface area contributed by atoms with Crippen LogP contribution in [0.25, 0.3) is 12.2 Å². The highest BCUT2D eigenvalue weighted by Crippen LogP contribution is 2.18. The molecule has 1 aromatic rings. The number of ketones is 4. The average molecular weight is 434 g/mol.